The minimum atomic E-state index is -5.08. The number of carboxylic acid groups (broad SMARTS) is 1. The highest BCUT2D eigenvalue weighted by atomic mass is 32.2. The Morgan fingerprint density at radius 1 is 1.19 bits per heavy atom. The molecule has 15 heteroatoms. The van der Waals surface area contributed by atoms with Gasteiger partial charge in [-0.2, -0.15) is 18.4 Å². The second kappa shape index (κ2) is 12.9. The quantitative estimate of drug-likeness (QED) is 0.530. The predicted molar refractivity (Wildman–Crippen MR) is 124 cm³/mol. The molecule has 11 nitrogen and oxygen atoms in total. The number of alkyl halides is 3. The van der Waals surface area contributed by atoms with E-state index in [2.05, 4.69) is 14.6 Å². The number of carbonyl (C=O) groups excluding carboxylic acids is 1. The summed E-state index contributed by atoms with van der Waals surface area (Å²) in [7, 11) is -2.18. The maximum Gasteiger partial charge on any atom is 0.490 e. The third kappa shape index (κ3) is 8.62. The molecule has 2 aromatic rings. The van der Waals surface area contributed by atoms with Crippen molar-refractivity contribution < 1.29 is 41.0 Å². The summed E-state index contributed by atoms with van der Waals surface area (Å²) in [6.07, 6.45) is -3.32. The number of aliphatic carboxylic acids is 1. The summed E-state index contributed by atoms with van der Waals surface area (Å²) in [4.78, 5) is 29.5. The van der Waals surface area contributed by atoms with Crippen LogP contribution in [0.5, 0.6) is 5.75 Å². The molecule has 1 saturated heterocycles. The summed E-state index contributed by atoms with van der Waals surface area (Å²) in [5, 5.41) is 16.0. The number of rotatable bonds is 7. The van der Waals surface area contributed by atoms with E-state index in [1.54, 1.807) is 24.3 Å². The van der Waals surface area contributed by atoms with Gasteiger partial charge in [0.1, 0.15) is 0 Å². The van der Waals surface area contributed by atoms with Crippen molar-refractivity contribution in [1.29, 1.82) is 5.26 Å². The smallest absolute Gasteiger partial charge is 0.490 e. The van der Waals surface area contributed by atoms with Crippen LogP contribution in [-0.4, -0.2) is 81.3 Å². The first kappa shape index (κ1) is 29.3. The van der Waals surface area contributed by atoms with Crippen LogP contribution in [0.2, 0.25) is 0 Å². The minimum absolute atomic E-state index is 0.00641. The van der Waals surface area contributed by atoms with Crippen molar-refractivity contribution in [3.8, 4) is 11.8 Å². The maximum absolute atomic E-state index is 12.5. The second-order valence-corrected chi connectivity index (χ2v) is 9.25. The number of anilines is 1. The maximum atomic E-state index is 12.5. The van der Waals surface area contributed by atoms with E-state index in [0.29, 0.717) is 31.9 Å². The Hall–Kier alpha value is -3.90. The molecule has 2 heterocycles. The highest BCUT2D eigenvalue weighted by Crippen LogP contribution is 2.25. The van der Waals surface area contributed by atoms with Gasteiger partial charge >= 0.3 is 12.1 Å². The lowest BCUT2D eigenvalue weighted by Crippen LogP contribution is -2.49. The molecule has 0 saturated carbocycles. The molecule has 1 aromatic carbocycles. The lowest BCUT2D eigenvalue weighted by molar-refractivity contribution is -0.192. The Morgan fingerprint density at radius 3 is 2.41 bits per heavy atom. The van der Waals surface area contributed by atoms with E-state index in [1.807, 2.05) is 12.1 Å². The monoisotopic (exact) mass is 543 g/mol. The van der Waals surface area contributed by atoms with Crippen LogP contribution in [0, 0.1) is 11.3 Å². The van der Waals surface area contributed by atoms with Crippen LogP contribution in [0.25, 0.3) is 0 Å². The van der Waals surface area contributed by atoms with E-state index in [1.165, 1.54) is 24.3 Å². The van der Waals surface area contributed by atoms with Gasteiger partial charge in [-0.25, -0.2) is 22.9 Å². The Kier molecular flexibility index (Phi) is 10.2. The number of hydrogen-bond acceptors (Lipinski definition) is 8. The number of carboxylic acids is 1. The van der Waals surface area contributed by atoms with Gasteiger partial charge in [-0.05, 0) is 30.3 Å². The van der Waals surface area contributed by atoms with Crippen molar-refractivity contribution in [3.63, 3.8) is 0 Å². The molecule has 0 radical (unpaired) electrons. The Bertz CT molecular complexity index is 1240. The molecule has 0 spiro atoms. The molecule has 0 bridgehead atoms. The fourth-order valence-corrected chi connectivity index (χ4v) is 4.29. The topological polar surface area (TPSA) is 153 Å². The summed E-state index contributed by atoms with van der Waals surface area (Å²) in [6.45, 7) is 2.27. The van der Waals surface area contributed by atoms with Crippen LogP contribution in [-0.2, 0) is 19.6 Å². The summed E-state index contributed by atoms with van der Waals surface area (Å²) in [6, 6.07) is 11.3. The van der Waals surface area contributed by atoms with Crippen LogP contribution in [0.1, 0.15) is 12.0 Å². The van der Waals surface area contributed by atoms with Gasteiger partial charge in [0, 0.05) is 45.3 Å². The number of pyridine rings is 1. The number of nitriles is 1. The first-order valence-corrected chi connectivity index (χ1v) is 12.2. The third-order valence-electron chi connectivity index (χ3n) is 5.05. The molecule has 3 rings (SSSR count). The van der Waals surface area contributed by atoms with Crippen LogP contribution in [0.4, 0.5) is 19.0 Å². The molecule has 200 valence electrons. The van der Waals surface area contributed by atoms with Crippen molar-refractivity contribution >= 4 is 27.7 Å². The van der Waals surface area contributed by atoms with Gasteiger partial charge in [-0.15, -0.1) is 0 Å². The SMILES string of the molecule is COc1cccnc1N1CCN(C(=O)CCNS(=O)(=O)c2cccc(C#N)c2)CC1.O=C(O)C(F)(F)F. The molecular weight excluding hydrogens is 519 g/mol. The van der Waals surface area contributed by atoms with Gasteiger partial charge in [-0.1, -0.05) is 6.07 Å². The fraction of sp³-hybridized carbons (Fsp3) is 0.364. The highest BCUT2D eigenvalue weighted by Gasteiger charge is 2.38. The number of nitrogens with one attached hydrogen (secondary N) is 1. The van der Waals surface area contributed by atoms with Gasteiger partial charge in [0.15, 0.2) is 11.6 Å². The van der Waals surface area contributed by atoms with Crippen molar-refractivity contribution in [2.45, 2.75) is 17.5 Å². The fourth-order valence-electron chi connectivity index (χ4n) is 3.21. The first-order valence-electron chi connectivity index (χ1n) is 10.7. The largest absolute Gasteiger partial charge is 0.493 e. The van der Waals surface area contributed by atoms with E-state index < -0.39 is 22.2 Å². The van der Waals surface area contributed by atoms with Gasteiger partial charge in [0.05, 0.1) is 23.6 Å². The number of carbonyl (C=O) groups is 2. The number of ether oxygens (including phenoxy) is 1. The molecule has 37 heavy (non-hydrogen) atoms. The summed E-state index contributed by atoms with van der Waals surface area (Å²) < 4.78 is 64.2. The van der Waals surface area contributed by atoms with E-state index in [4.69, 9.17) is 19.9 Å². The van der Waals surface area contributed by atoms with Crippen LogP contribution in [0.15, 0.2) is 47.5 Å². The second-order valence-electron chi connectivity index (χ2n) is 7.49. The number of benzene rings is 1. The Labute approximate surface area is 211 Å². The van der Waals surface area contributed by atoms with E-state index in [0.717, 1.165) is 5.82 Å². The summed E-state index contributed by atoms with van der Waals surface area (Å²) in [5.41, 5.74) is 0.261. The number of methoxy groups -OCH3 is 1. The number of nitrogens with zero attached hydrogens (tertiary/aromatic N) is 4. The molecular formula is C22H24F3N5O6S. The zero-order valence-electron chi connectivity index (χ0n) is 19.6. The van der Waals surface area contributed by atoms with Crippen molar-refractivity contribution in [2.24, 2.45) is 0 Å². The molecule has 1 aromatic heterocycles. The average Bonchev–Trinajstić information content (AvgIpc) is 2.88. The summed E-state index contributed by atoms with van der Waals surface area (Å²) in [5.74, 6) is -1.43. The predicted octanol–water partition coefficient (Wildman–Crippen LogP) is 1.61. The van der Waals surface area contributed by atoms with Gasteiger partial charge in [-0.3, -0.25) is 4.79 Å². The van der Waals surface area contributed by atoms with Crippen molar-refractivity contribution in [3.05, 3.63) is 48.2 Å². The number of aromatic nitrogens is 1. The molecule has 1 aliphatic heterocycles. The molecule has 1 amide bonds. The average molecular weight is 544 g/mol. The first-order chi connectivity index (χ1) is 17.4. The molecule has 1 aliphatic rings. The van der Waals surface area contributed by atoms with Crippen LogP contribution in [0.3, 0.4) is 0 Å². The van der Waals surface area contributed by atoms with E-state index in [-0.39, 0.29) is 29.3 Å². The Morgan fingerprint density at radius 2 is 1.84 bits per heavy atom. The lowest BCUT2D eigenvalue weighted by Gasteiger charge is -2.35. The van der Waals surface area contributed by atoms with Gasteiger partial charge in [0.2, 0.25) is 15.9 Å². The highest BCUT2D eigenvalue weighted by molar-refractivity contribution is 7.89. The van der Waals surface area contributed by atoms with E-state index in [9.17, 15) is 26.4 Å². The van der Waals surface area contributed by atoms with Gasteiger partial charge in [0.25, 0.3) is 0 Å². The van der Waals surface area contributed by atoms with Crippen LogP contribution < -0.4 is 14.4 Å². The minimum Gasteiger partial charge on any atom is -0.493 e. The number of halogens is 3. The third-order valence-corrected chi connectivity index (χ3v) is 6.51. The zero-order chi connectivity index (χ0) is 27.6. The van der Waals surface area contributed by atoms with Crippen molar-refractivity contribution in [2.75, 3.05) is 44.7 Å². The number of sulfonamides is 1. The zero-order valence-corrected chi connectivity index (χ0v) is 20.4. The Balaban J connectivity index is 0.000000604. The van der Waals surface area contributed by atoms with Gasteiger partial charge < -0.3 is 19.6 Å². The lowest BCUT2D eigenvalue weighted by atomic mass is 10.2. The molecule has 2 N–H and O–H groups in total. The number of amides is 1. The normalized spacial score (nSPS) is 13.7. The molecule has 0 unspecified atom stereocenters. The number of hydrogen-bond donors (Lipinski definition) is 2. The van der Waals surface area contributed by atoms with E-state index >= 15 is 0 Å². The standard InChI is InChI=1S/C20H23N5O4S.C2HF3O2/c1-29-18-6-3-8-22-20(18)25-12-10-24(11-13-25)19(26)7-9-23-30(27,28)17-5-2-4-16(14-17)15-21;3-2(4,5)1(6)7/h2-6,8,14,23H,7,9-13H2,1H3;(H,6,7). The molecule has 1 fully saturated rings. The molecule has 0 aliphatic carbocycles. The van der Waals surface area contributed by atoms with Crippen molar-refractivity contribution in [1.82, 2.24) is 14.6 Å². The van der Waals surface area contributed by atoms with Crippen LogP contribution >= 0.6 is 0 Å². The number of piperazine rings is 1. The molecule has 0 atom stereocenters. The summed E-state index contributed by atoms with van der Waals surface area (Å²) >= 11 is 0.